The molecule has 4 rings (SSSR count). The van der Waals surface area contributed by atoms with E-state index in [4.69, 9.17) is 4.74 Å². The zero-order chi connectivity index (χ0) is 17.1. The number of nitrogens with one attached hydrogen (secondary N) is 1. The lowest BCUT2D eigenvalue weighted by molar-refractivity contribution is -0.695. The zero-order valence-electron chi connectivity index (χ0n) is 14.3. The number of benzene rings is 2. The van der Waals surface area contributed by atoms with Gasteiger partial charge in [0.2, 0.25) is 0 Å². The van der Waals surface area contributed by atoms with E-state index in [1.165, 1.54) is 22.2 Å². The second-order valence-electron chi connectivity index (χ2n) is 6.21. The summed E-state index contributed by atoms with van der Waals surface area (Å²) in [5.74, 6) is 0.888. The highest BCUT2D eigenvalue weighted by atomic mass is 16.5. The van der Waals surface area contributed by atoms with E-state index in [0.717, 1.165) is 24.2 Å². The third-order valence-electron chi connectivity index (χ3n) is 4.58. The number of H-pyrrole nitrogens is 1. The maximum atomic E-state index is 5.38. The molecule has 0 saturated carbocycles. The van der Waals surface area contributed by atoms with E-state index in [1.807, 2.05) is 6.07 Å². The molecule has 2 heterocycles. The van der Waals surface area contributed by atoms with Crippen molar-refractivity contribution in [2.45, 2.75) is 13.0 Å². The highest BCUT2D eigenvalue weighted by Gasteiger charge is 2.14. The fourth-order valence-corrected chi connectivity index (χ4v) is 3.23. The highest BCUT2D eigenvalue weighted by Crippen LogP contribution is 2.24. The number of pyridine rings is 1. The van der Waals surface area contributed by atoms with E-state index in [9.17, 15) is 0 Å². The summed E-state index contributed by atoms with van der Waals surface area (Å²) in [7, 11) is 1.71. The molecule has 0 radical (unpaired) electrons. The van der Waals surface area contributed by atoms with Crippen LogP contribution in [0.2, 0.25) is 0 Å². The molecule has 0 amide bonds. The van der Waals surface area contributed by atoms with Gasteiger partial charge in [0.25, 0.3) is 0 Å². The highest BCUT2D eigenvalue weighted by molar-refractivity contribution is 5.84. The van der Waals surface area contributed by atoms with Gasteiger partial charge >= 0.3 is 0 Å². The average molecular weight is 329 g/mol. The number of hydrogen-bond acceptors (Lipinski definition) is 1. The number of fused-ring (bicyclic) bond motifs is 1. The molecule has 0 bridgehead atoms. The van der Waals surface area contributed by atoms with Gasteiger partial charge in [-0.25, -0.2) is 0 Å². The molecule has 0 spiro atoms. The van der Waals surface area contributed by atoms with Gasteiger partial charge in [0, 0.05) is 34.8 Å². The van der Waals surface area contributed by atoms with Crippen molar-refractivity contribution in [3.63, 3.8) is 0 Å². The van der Waals surface area contributed by atoms with E-state index < -0.39 is 0 Å². The third-order valence-corrected chi connectivity index (χ3v) is 4.58. The van der Waals surface area contributed by atoms with Crippen LogP contribution in [0.4, 0.5) is 0 Å². The van der Waals surface area contributed by atoms with Crippen LogP contribution in [0.25, 0.3) is 10.9 Å². The molecular formula is C22H21N2O+. The first-order chi connectivity index (χ1) is 12.3. The molecule has 25 heavy (non-hydrogen) atoms. The van der Waals surface area contributed by atoms with Gasteiger partial charge in [0.15, 0.2) is 18.4 Å². The topological polar surface area (TPSA) is 28.9 Å². The van der Waals surface area contributed by atoms with Gasteiger partial charge in [-0.05, 0) is 23.8 Å². The van der Waals surface area contributed by atoms with Crippen molar-refractivity contribution in [1.29, 1.82) is 0 Å². The molecule has 0 aliphatic heterocycles. The van der Waals surface area contributed by atoms with Crippen LogP contribution in [-0.4, -0.2) is 12.1 Å². The largest absolute Gasteiger partial charge is 0.497 e. The zero-order valence-corrected chi connectivity index (χ0v) is 14.3. The Balaban J connectivity index is 1.67. The van der Waals surface area contributed by atoms with Gasteiger partial charge in [-0.2, -0.15) is 4.57 Å². The molecule has 2 aromatic heterocycles. The number of ether oxygens (including phenoxy) is 1. The van der Waals surface area contributed by atoms with E-state index in [1.54, 1.807) is 7.11 Å². The van der Waals surface area contributed by atoms with Crippen LogP contribution in [0.5, 0.6) is 5.75 Å². The number of aromatic amines is 1. The number of hydrogen-bond donors (Lipinski definition) is 1. The lowest BCUT2D eigenvalue weighted by Crippen LogP contribution is -2.38. The number of rotatable bonds is 5. The van der Waals surface area contributed by atoms with E-state index in [0.29, 0.717) is 0 Å². The first-order valence-electron chi connectivity index (χ1n) is 8.49. The van der Waals surface area contributed by atoms with Gasteiger partial charge in [-0.15, -0.1) is 0 Å². The maximum Gasteiger partial charge on any atom is 0.186 e. The number of aromatic nitrogens is 2. The molecule has 0 aliphatic carbocycles. The molecule has 1 N–H and O–H groups in total. The summed E-state index contributed by atoms with van der Waals surface area (Å²) in [6.07, 6.45) is 5.13. The molecule has 3 heteroatoms. The minimum absolute atomic E-state index is 0.876. The fraction of sp³-hybridized carbons (Fsp3) is 0.136. The van der Waals surface area contributed by atoms with Gasteiger partial charge in [0.05, 0.1) is 13.5 Å². The molecule has 0 saturated heterocycles. The van der Waals surface area contributed by atoms with Gasteiger partial charge < -0.3 is 9.72 Å². The summed E-state index contributed by atoms with van der Waals surface area (Å²) in [6.45, 7) is 0.878. The Kier molecular flexibility index (Phi) is 4.21. The molecule has 0 unspecified atom stereocenters. The molecule has 0 fully saturated rings. The fourth-order valence-electron chi connectivity index (χ4n) is 3.23. The van der Waals surface area contributed by atoms with Crippen molar-refractivity contribution in [2.75, 3.05) is 7.11 Å². The number of methoxy groups -OCH3 is 1. The average Bonchev–Trinajstić information content (AvgIpc) is 3.06. The van der Waals surface area contributed by atoms with Crippen LogP contribution >= 0.6 is 0 Å². The summed E-state index contributed by atoms with van der Waals surface area (Å²) in [6, 6.07) is 23.1. The van der Waals surface area contributed by atoms with Crippen LogP contribution in [0, 0.1) is 0 Å². The van der Waals surface area contributed by atoms with E-state index >= 15 is 0 Å². The Morgan fingerprint density at radius 3 is 2.64 bits per heavy atom. The minimum Gasteiger partial charge on any atom is -0.497 e. The van der Waals surface area contributed by atoms with Crippen LogP contribution in [-0.2, 0) is 13.0 Å². The second-order valence-corrected chi connectivity index (χ2v) is 6.21. The van der Waals surface area contributed by atoms with Gasteiger partial charge in [0.1, 0.15) is 5.75 Å². The van der Waals surface area contributed by atoms with Gasteiger partial charge in [-0.1, -0.05) is 36.4 Å². The first-order valence-corrected chi connectivity index (χ1v) is 8.49. The molecule has 2 aromatic carbocycles. The summed E-state index contributed by atoms with van der Waals surface area (Å²) >= 11 is 0. The quantitative estimate of drug-likeness (QED) is 0.549. The Labute approximate surface area is 147 Å². The molecular weight excluding hydrogens is 308 g/mol. The van der Waals surface area contributed by atoms with Crippen molar-refractivity contribution >= 4 is 10.9 Å². The van der Waals surface area contributed by atoms with E-state index in [-0.39, 0.29) is 0 Å². The Hall–Kier alpha value is -3.07. The molecule has 0 atom stereocenters. The van der Waals surface area contributed by atoms with Crippen molar-refractivity contribution in [2.24, 2.45) is 0 Å². The van der Waals surface area contributed by atoms with Crippen molar-refractivity contribution in [1.82, 2.24) is 4.98 Å². The Bertz CT molecular complexity index is 989. The van der Waals surface area contributed by atoms with E-state index in [2.05, 4.69) is 82.6 Å². The molecule has 124 valence electrons. The van der Waals surface area contributed by atoms with Crippen LogP contribution in [0.3, 0.4) is 0 Å². The first kappa shape index (κ1) is 15.5. The maximum absolute atomic E-state index is 5.38. The predicted molar refractivity (Wildman–Crippen MR) is 99.8 cm³/mol. The van der Waals surface area contributed by atoms with Crippen molar-refractivity contribution in [3.05, 3.63) is 95.9 Å². The summed E-state index contributed by atoms with van der Waals surface area (Å²) in [5.41, 5.74) is 5.01. The molecule has 3 nitrogen and oxygen atoms in total. The smallest absolute Gasteiger partial charge is 0.186 e. The Morgan fingerprint density at radius 1 is 0.960 bits per heavy atom. The normalized spacial score (nSPS) is 10.9. The second kappa shape index (κ2) is 6.81. The predicted octanol–water partition coefficient (Wildman–Crippen LogP) is 4.10. The monoisotopic (exact) mass is 329 g/mol. The lowest BCUT2D eigenvalue weighted by atomic mass is 10.1. The minimum atomic E-state index is 0.876. The van der Waals surface area contributed by atoms with Crippen molar-refractivity contribution < 1.29 is 9.30 Å². The van der Waals surface area contributed by atoms with Crippen LogP contribution < -0.4 is 9.30 Å². The lowest BCUT2D eigenvalue weighted by Gasteiger charge is -2.05. The summed E-state index contributed by atoms with van der Waals surface area (Å²) < 4.78 is 7.69. The standard InChI is InChI=1S/C22H21N2O/c1-25-20-10-11-22-21(14-20)18(15-23-22)13-19-9-5-6-12-24(19)16-17-7-3-2-4-8-17/h2-12,14-15,23H,13,16H2,1H3/q+1. The third kappa shape index (κ3) is 3.26. The van der Waals surface area contributed by atoms with Crippen LogP contribution in [0.1, 0.15) is 16.8 Å². The number of nitrogens with zero attached hydrogens (tertiary/aromatic N) is 1. The van der Waals surface area contributed by atoms with Gasteiger partial charge in [-0.3, -0.25) is 0 Å². The Morgan fingerprint density at radius 2 is 1.80 bits per heavy atom. The SMILES string of the molecule is COc1ccc2[nH]cc(Cc3cccc[n+]3Cc3ccccc3)c2c1. The summed E-state index contributed by atoms with van der Waals surface area (Å²) in [5, 5.41) is 1.22. The molecule has 0 aliphatic rings. The van der Waals surface area contributed by atoms with Crippen LogP contribution in [0.15, 0.2) is 79.1 Å². The van der Waals surface area contributed by atoms with Crippen molar-refractivity contribution in [3.8, 4) is 5.75 Å². The molecule has 4 aromatic rings. The summed E-state index contributed by atoms with van der Waals surface area (Å²) in [4.78, 5) is 3.36.